The van der Waals surface area contributed by atoms with Crippen molar-refractivity contribution < 1.29 is 13.9 Å². The number of halogens is 2. The summed E-state index contributed by atoms with van der Waals surface area (Å²) in [6, 6.07) is 2.71. The van der Waals surface area contributed by atoms with E-state index in [-0.39, 0.29) is 0 Å². The minimum Gasteiger partial charge on any atom is -0.505 e. The highest BCUT2D eigenvalue weighted by Crippen LogP contribution is 2.35. The van der Waals surface area contributed by atoms with Crippen LogP contribution in [0.1, 0.15) is 70.3 Å². The number of hydrogen-bond donors (Lipinski definition) is 1. The van der Waals surface area contributed by atoms with Gasteiger partial charge in [0.1, 0.15) is 0 Å². The largest absolute Gasteiger partial charge is 0.505 e. The van der Waals surface area contributed by atoms with Gasteiger partial charge in [-0.3, -0.25) is 0 Å². The molecule has 3 heteroatoms. The number of phenolic OH excluding ortho intramolecular Hbond substituents is 1. The molecule has 1 aromatic rings. The van der Waals surface area contributed by atoms with Crippen LogP contribution in [0.2, 0.25) is 0 Å². The molecule has 0 saturated carbocycles. The number of unbranched alkanes of at least 4 members (excludes halogenated alkanes) is 4. The summed E-state index contributed by atoms with van der Waals surface area (Å²) in [5, 5.41) is 9.19. The lowest BCUT2D eigenvalue weighted by Gasteiger charge is -2.22. The Morgan fingerprint density at radius 2 is 1.86 bits per heavy atom. The Kier molecular flexibility index (Phi) is 6.41. The zero-order valence-corrected chi connectivity index (χ0v) is 13.4. The van der Waals surface area contributed by atoms with E-state index >= 15 is 0 Å². The molecular formula is C19H26F2O. The molecule has 0 spiro atoms. The van der Waals surface area contributed by atoms with Gasteiger partial charge in [0.15, 0.2) is 11.6 Å². The number of hydrogen-bond acceptors (Lipinski definition) is 1. The normalized spacial score (nSPS) is 18.3. The van der Waals surface area contributed by atoms with E-state index in [0.717, 1.165) is 24.8 Å². The fourth-order valence-corrected chi connectivity index (χ4v) is 3.22. The molecule has 122 valence electrons. The van der Waals surface area contributed by atoms with E-state index in [1.54, 1.807) is 0 Å². The molecule has 0 bridgehead atoms. The van der Waals surface area contributed by atoms with Crippen LogP contribution in [0, 0.1) is 17.6 Å². The van der Waals surface area contributed by atoms with Crippen molar-refractivity contribution in [1.29, 1.82) is 0 Å². The van der Waals surface area contributed by atoms with Gasteiger partial charge >= 0.3 is 0 Å². The van der Waals surface area contributed by atoms with Crippen molar-refractivity contribution in [3.63, 3.8) is 0 Å². The van der Waals surface area contributed by atoms with Crippen LogP contribution in [0.4, 0.5) is 8.78 Å². The van der Waals surface area contributed by atoms with E-state index in [1.165, 1.54) is 50.7 Å². The van der Waals surface area contributed by atoms with E-state index in [0.29, 0.717) is 11.5 Å². The molecule has 2 rings (SSSR count). The predicted molar refractivity (Wildman–Crippen MR) is 86.7 cm³/mol. The molecule has 1 atom stereocenters. The van der Waals surface area contributed by atoms with Crippen LogP contribution in [-0.4, -0.2) is 5.11 Å². The molecule has 1 N–H and O–H groups in total. The molecule has 0 aromatic heterocycles. The van der Waals surface area contributed by atoms with E-state index in [4.69, 9.17) is 0 Å². The van der Waals surface area contributed by atoms with E-state index in [1.807, 2.05) is 0 Å². The Labute approximate surface area is 132 Å². The van der Waals surface area contributed by atoms with Crippen LogP contribution < -0.4 is 0 Å². The number of phenols is 1. The first-order valence-corrected chi connectivity index (χ1v) is 8.49. The van der Waals surface area contributed by atoms with Crippen molar-refractivity contribution in [1.82, 2.24) is 0 Å². The summed E-state index contributed by atoms with van der Waals surface area (Å²) in [6.45, 7) is 2.22. The molecule has 1 aromatic carbocycles. The van der Waals surface area contributed by atoms with E-state index in [9.17, 15) is 13.9 Å². The van der Waals surface area contributed by atoms with Crippen LogP contribution >= 0.6 is 0 Å². The SMILES string of the molecule is CCCCCCCC1CC=C(c2ccc(O)c(F)c2F)CC1. The Bertz CT molecular complexity index is 522. The second kappa shape index (κ2) is 8.30. The van der Waals surface area contributed by atoms with Crippen molar-refractivity contribution in [2.24, 2.45) is 5.92 Å². The topological polar surface area (TPSA) is 20.2 Å². The predicted octanol–water partition coefficient (Wildman–Crippen LogP) is 6.21. The van der Waals surface area contributed by atoms with Crippen LogP contribution in [-0.2, 0) is 0 Å². The third kappa shape index (κ3) is 4.31. The number of aromatic hydroxyl groups is 1. The van der Waals surface area contributed by atoms with Crippen molar-refractivity contribution in [3.8, 4) is 5.75 Å². The monoisotopic (exact) mass is 308 g/mol. The number of allylic oxidation sites excluding steroid dienone is 2. The maximum absolute atomic E-state index is 13.9. The van der Waals surface area contributed by atoms with Gasteiger partial charge < -0.3 is 5.11 Å². The first-order chi connectivity index (χ1) is 10.6. The quantitative estimate of drug-likeness (QED) is 0.593. The van der Waals surface area contributed by atoms with Gasteiger partial charge in [0, 0.05) is 5.56 Å². The van der Waals surface area contributed by atoms with Crippen LogP contribution in [0.25, 0.3) is 5.57 Å². The van der Waals surface area contributed by atoms with Crippen LogP contribution in [0.15, 0.2) is 18.2 Å². The van der Waals surface area contributed by atoms with Gasteiger partial charge in [-0.15, -0.1) is 0 Å². The van der Waals surface area contributed by atoms with Gasteiger partial charge in [-0.05, 0) is 42.9 Å². The van der Waals surface area contributed by atoms with Crippen LogP contribution in [0.3, 0.4) is 0 Å². The second-order valence-electron chi connectivity index (χ2n) is 6.33. The van der Waals surface area contributed by atoms with Gasteiger partial charge in [-0.25, -0.2) is 4.39 Å². The lowest BCUT2D eigenvalue weighted by molar-refractivity contribution is 0.404. The molecule has 1 nitrogen and oxygen atoms in total. The second-order valence-corrected chi connectivity index (χ2v) is 6.33. The van der Waals surface area contributed by atoms with E-state index < -0.39 is 17.4 Å². The summed E-state index contributed by atoms with van der Waals surface area (Å²) in [4.78, 5) is 0. The third-order valence-electron chi connectivity index (χ3n) is 4.64. The highest BCUT2D eigenvalue weighted by Gasteiger charge is 2.20. The highest BCUT2D eigenvalue weighted by molar-refractivity contribution is 5.67. The average molecular weight is 308 g/mol. The zero-order chi connectivity index (χ0) is 15.9. The summed E-state index contributed by atoms with van der Waals surface area (Å²) in [5.74, 6) is -2.02. The average Bonchev–Trinajstić information content (AvgIpc) is 2.53. The number of benzene rings is 1. The van der Waals surface area contributed by atoms with Crippen molar-refractivity contribution in [3.05, 3.63) is 35.4 Å². The minimum absolute atomic E-state index is 0.302. The zero-order valence-electron chi connectivity index (χ0n) is 13.4. The maximum Gasteiger partial charge on any atom is 0.200 e. The lowest BCUT2D eigenvalue weighted by Crippen LogP contribution is -2.07. The molecule has 0 amide bonds. The van der Waals surface area contributed by atoms with Crippen molar-refractivity contribution in [2.75, 3.05) is 0 Å². The Morgan fingerprint density at radius 1 is 1.09 bits per heavy atom. The first-order valence-electron chi connectivity index (χ1n) is 8.49. The third-order valence-corrected chi connectivity index (χ3v) is 4.64. The smallest absolute Gasteiger partial charge is 0.200 e. The molecule has 0 fully saturated rings. The summed E-state index contributed by atoms with van der Waals surface area (Å²) >= 11 is 0. The molecule has 0 saturated heterocycles. The molecule has 1 unspecified atom stereocenters. The minimum atomic E-state index is -1.14. The summed E-state index contributed by atoms with van der Waals surface area (Å²) in [7, 11) is 0. The molecule has 22 heavy (non-hydrogen) atoms. The summed E-state index contributed by atoms with van der Waals surface area (Å²) in [6.07, 6.45) is 12.6. The summed E-state index contributed by atoms with van der Waals surface area (Å²) < 4.78 is 27.3. The molecule has 0 aliphatic heterocycles. The lowest BCUT2D eigenvalue weighted by atomic mass is 9.83. The van der Waals surface area contributed by atoms with Gasteiger partial charge in [0.2, 0.25) is 5.82 Å². The Hall–Kier alpha value is -1.38. The van der Waals surface area contributed by atoms with Crippen molar-refractivity contribution >= 4 is 5.57 Å². The summed E-state index contributed by atoms with van der Waals surface area (Å²) in [5.41, 5.74) is 1.18. The van der Waals surface area contributed by atoms with Gasteiger partial charge in [-0.2, -0.15) is 4.39 Å². The van der Waals surface area contributed by atoms with Gasteiger partial charge in [0.05, 0.1) is 0 Å². The highest BCUT2D eigenvalue weighted by atomic mass is 19.2. The van der Waals surface area contributed by atoms with Gasteiger partial charge in [-0.1, -0.05) is 51.5 Å². The molecule has 1 aliphatic carbocycles. The maximum atomic E-state index is 13.9. The Balaban J connectivity index is 1.88. The number of rotatable bonds is 7. The van der Waals surface area contributed by atoms with Crippen molar-refractivity contribution in [2.45, 2.75) is 64.7 Å². The van der Waals surface area contributed by atoms with Crippen LogP contribution in [0.5, 0.6) is 5.75 Å². The Morgan fingerprint density at radius 3 is 2.55 bits per heavy atom. The first kappa shape index (κ1) is 17.0. The molecule has 0 radical (unpaired) electrons. The fourth-order valence-electron chi connectivity index (χ4n) is 3.22. The molecular weight excluding hydrogens is 282 g/mol. The fraction of sp³-hybridized carbons (Fsp3) is 0.579. The van der Waals surface area contributed by atoms with Gasteiger partial charge in [0.25, 0.3) is 0 Å². The van der Waals surface area contributed by atoms with E-state index in [2.05, 4.69) is 13.0 Å². The molecule has 1 aliphatic rings. The molecule has 0 heterocycles. The standard InChI is InChI=1S/C19H26F2O/c1-2-3-4-5-6-7-14-8-10-15(11-9-14)16-12-13-17(22)19(21)18(16)20/h10,12-14,22H,2-9,11H2,1H3.